The molecule has 8 heavy (non-hydrogen) atoms. The predicted molar refractivity (Wildman–Crippen MR) is 39.2 cm³/mol. The van der Waals surface area contributed by atoms with Crippen molar-refractivity contribution in [1.82, 2.24) is 0 Å². The van der Waals surface area contributed by atoms with Crippen LogP contribution in [0.1, 0.15) is 20.8 Å². The molecular formula is C5H13NOSi. The average Bonchev–Trinajstić information content (AvgIpc) is 1.62. The third kappa shape index (κ3) is 2.21. The van der Waals surface area contributed by atoms with Crippen molar-refractivity contribution in [3.63, 3.8) is 0 Å². The fourth-order valence-electron chi connectivity index (χ4n) is 0.158. The molecule has 0 saturated heterocycles. The summed E-state index contributed by atoms with van der Waals surface area (Å²) in [5.74, 6) is 0. The first-order valence-corrected chi connectivity index (χ1v) is 3.81. The van der Waals surface area contributed by atoms with Gasteiger partial charge in [0.1, 0.15) is 0 Å². The number of nitrogens with zero attached hydrogens (tertiary/aromatic N) is 1. The van der Waals surface area contributed by atoms with Crippen LogP contribution in [0.2, 0.25) is 5.04 Å². The molecule has 3 heteroatoms. The van der Waals surface area contributed by atoms with Gasteiger partial charge in [-0.25, -0.2) is 0 Å². The van der Waals surface area contributed by atoms with E-state index in [9.17, 15) is 4.91 Å². The molecule has 0 aliphatic rings. The lowest BCUT2D eigenvalue weighted by molar-refractivity contribution is 0.552. The molecule has 0 aromatic heterocycles. The Bertz CT molecular complexity index is 86.9. The Hall–Kier alpha value is -0.183. The number of nitroso groups, excluding NO2 is 1. The minimum Gasteiger partial charge on any atom is -0.151 e. The maximum Gasteiger partial charge on any atom is 0.0909 e. The Labute approximate surface area is 53.1 Å². The van der Waals surface area contributed by atoms with Crippen LogP contribution in [0.15, 0.2) is 5.18 Å². The lowest BCUT2D eigenvalue weighted by Crippen LogP contribution is -2.16. The van der Waals surface area contributed by atoms with Gasteiger partial charge >= 0.3 is 0 Å². The minimum atomic E-state index is -0.0193. The van der Waals surface area contributed by atoms with E-state index in [1.54, 1.807) is 0 Å². The third-order valence-corrected chi connectivity index (χ3v) is 2.25. The Morgan fingerprint density at radius 2 is 2.00 bits per heavy atom. The average molecular weight is 131 g/mol. The molecule has 0 heterocycles. The van der Waals surface area contributed by atoms with Crippen molar-refractivity contribution in [3.05, 3.63) is 4.91 Å². The van der Waals surface area contributed by atoms with Crippen LogP contribution in [0.3, 0.4) is 0 Å². The maximum absolute atomic E-state index is 9.92. The topological polar surface area (TPSA) is 29.4 Å². The van der Waals surface area contributed by atoms with Gasteiger partial charge in [-0.15, -0.1) is 0 Å². The molecule has 0 fully saturated rings. The molecule has 0 aromatic carbocycles. The second-order valence-electron chi connectivity index (χ2n) is 3.15. The molecule has 1 unspecified atom stereocenters. The summed E-state index contributed by atoms with van der Waals surface area (Å²) in [7, 11) is 1.03. The minimum absolute atomic E-state index is 0.0193. The molecule has 0 radical (unpaired) electrons. The highest BCUT2D eigenvalue weighted by atomic mass is 28.1. The SMILES string of the molecule is CC(N=O)C(C)(C)[SiH3]. The molecule has 0 rings (SSSR count). The summed E-state index contributed by atoms with van der Waals surface area (Å²) < 4.78 is 0. The zero-order valence-corrected chi connectivity index (χ0v) is 7.93. The summed E-state index contributed by atoms with van der Waals surface area (Å²) in [6, 6.07) is -0.0193. The lowest BCUT2D eigenvalue weighted by Gasteiger charge is -2.19. The van der Waals surface area contributed by atoms with Gasteiger partial charge < -0.3 is 0 Å². The molecule has 48 valence electrons. The van der Waals surface area contributed by atoms with Crippen molar-refractivity contribution in [3.8, 4) is 0 Å². The molecule has 0 bridgehead atoms. The van der Waals surface area contributed by atoms with Gasteiger partial charge in [0.15, 0.2) is 0 Å². The smallest absolute Gasteiger partial charge is 0.0909 e. The summed E-state index contributed by atoms with van der Waals surface area (Å²) in [4.78, 5) is 9.92. The Morgan fingerprint density at radius 1 is 1.62 bits per heavy atom. The lowest BCUT2D eigenvalue weighted by atomic mass is 10.1. The molecule has 0 aliphatic carbocycles. The van der Waals surface area contributed by atoms with E-state index in [2.05, 4.69) is 19.0 Å². The zero-order chi connectivity index (χ0) is 6.78. The van der Waals surface area contributed by atoms with Crippen LogP contribution >= 0.6 is 0 Å². The van der Waals surface area contributed by atoms with Gasteiger partial charge in [0.05, 0.1) is 6.04 Å². The van der Waals surface area contributed by atoms with E-state index in [1.165, 1.54) is 0 Å². The number of hydrogen-bond acceptors (Lipinski definition) is 2. The molecule has 0 saturated carbocycles. The largest absolute Gasteiger partial charge is 0.151 e. The van der Waals surface area contributed by atoms with Crippen molar-refractivity contribution in [2.75, 3.05) is 0 Å². The van der Waals surface area contributed by atoms with Crippen LogP contribution in [-0.2, 0) is 0 Å². The van der Waals surface area contributed by atoms with E-state index in [1.807, 2.05) is 6.92 Å². The summed E-state index contributed by atoms with van der Waals surface area (Å²) in [5.41, 5.74) is 0. The van der Waals surface area contributed by atoms with E-state index in [0.717, 1.165) is 10.2 Å². The molecular weight excluding hydrogens is 118 g/mol. The standard InChI is InChI=1S/C5H13NOSi/c1-4(6-7)5(2,3)8/h4H,1-3,8H3. The number of rotatable bonds is 2. The molecule has 0 aliphatic heterocycles. The van der Waals surface area contributed by atoms with Gasteiger partial charge in [0.2, 0.25) is 0 Å². The zero-order valence-electron chi connectivity index (χ0n) is 5.93. The van der Waals surface area contributed by atoms with E-state index in [-0.39, 0.29) is 11.1 Å². The van der Waals surface area contributed by atoms with Crippen LogP contribution in [0.4, 0.5) is 0 Å². The summed E-state index contributed by atoms with van der Waals surface area (Å²) in [5, 5.41) is 3.11. The van der Waals surface area contributed by atoms with Crippen LogP contribution in [-0.4, -0.2) is 16.3 Å². The van der Waals surface area contributed by atoms with Gasteiger partial charge in [-0.3, -0.25) is 0 Å². The van der Waals surface area contributed by atoms with Crippen molar-refractivity contribution in [1.29, 1.82) is 0 Å². The van der Waals surface area contributed by atoms with Gasteiger partial charge in [-0.1, -0.05) is 19.0 Å². The van der Waals surface area contributed by atoms with E-state index in [4.69, 9.17) is 0 Å². The van der Waals surface area contributed by atoms with Crippen molar-refractivity contribution >= 4 is 10.2 Å². The second kappa shape index (κ2) is 2.39. The van der Waals surface area contributed by atoms with Gasteiger partial charge in [0, 0.05) is 10.2 Å². The highest BCUT2D eigenvalue weighted by molar-refractivity contribution is 6.15. The molecule has 0 amide bonds. The molecule has 0 spiro atoms. The number of hydrogen-bond donors (Lipinski definition) is 0. The van der Waals surface area contributed by atoms with E-state index < -0.39 is 0 Å². The van der Waals surface area contributed by atoms with Crippen molar-refractivity contribution in [2.24, 2.45) is 5.18 Å². The monoisotopic (exact) mass is 131 g/mol. The van der Waals surface area contributed by atoms with Crippen molar-refractivity contribution < 1.29 is 0 Å². The van der Waals surface area contributed by atoms with Gasteiger partial charge in [0.25, 0.3) is 0 Å². The maximum atomic E-state index is 9.92. The fourth-order valence-corrected chi connectivity index (χ4v) is 0.264. The highest BCUT2D eigenvalue weighted by Crippen LogP contribution is 2.25. The summed E-state index contributed by atoms with van der Waals surface area (Å²) >= 11 is 0. The summed E-state index contributed by atoms with van der Waals surface area (Å²) in [6.07, 6.45) is 0. The van der Waals surface area contributed by atoms with Crippen LogP contribution in [0, 0.1) is 4.91 Å². The first kappa shape index (κ1) is 7.82. The van der Waals surface area contributed by atoms with Crippen LogP contribution < -0.4 is 0 Å². The van der Waals surface area contributed by atoms with Crippen LogP contribution in [0.5, 0.6) is 0 Å². The van der Waals surface area contributed by atoms with E-state index >= 15 is 0 Å². The summed E-state index contributed by atoms with van der Waals surface area (Å²) in [6.45, 7) is 5.98. The third-order valence-electron chi connectivity index (χ3n) is 1.41. The second-order valence-corrected chi connectivity index (χ2v) is 5.72. The quantitative estimate of drug-likeness (QED) is 0.401. The van der Waals surface area contributed by atoms with E-state index in [0.29, 0.717) is 0 Å². The predicted octanol–water partition coefficient (Wildman–Crippen LogP) is 0.705. The first-order chi connectivity index (χ1) is 3.48. The van der Waals surface area contributed by atoms with Crippen molar-refractivity contribution in [2.45, 2.75) is 31.9 Å². The van der Waals surface area contributed by atoms with Gasteiger partial charge in [-0.05, 0) is 12.0 Å². The normalized spacial score (nSPS) is 15.9. The van der Waals surface area contributed by atoms with Gasteiger partial charge in [-0.2, -0.15) is 4.91 Å². The Morgan fingerprint density at radius 3 is 2.00 bits per heavy atom. The van der Waals surface area contributed by atoms with Crippen LogP contribution in [0.25, 0.3) is 0 Å². The molecule has 0 aromatic rings. The highest BCUT2D eigenvalue weighted by Gasteiger charge is 2.19. The molecule has 1 atom stereocenters. The Kier molecular flexibility index (Phi) is 2.34. The molecule has 2 nitrogen and oxygen atoms in total. The molecule has 0 N–H and O–H groups in total. The first-order valence-electron chi connectivity index (χ1n) is 2.81. The Balaban J connectivity index is 3.80. The fraction of sp³-hybridized carbons (Fsp3) is 1.00.